The van der Waals surface area contributed by atoms with Crippen LogP contribution < -0.4 is 10.0 Å². The standard InChI is InChI=1S/C15H17ClN4O3S/c1-17-15(21)12-9-10(16)5-6-13(12)19-24(22,23)14-7-8-18-20(14)11-3-2-4-11/h5-9,11,19H,2-4H2,1H3,(H,17,21). The van der Waals surface area contributed by atoms with Gasteiger partial charge in [-0.05, 0) is 43.5 Å². The fourth-order valence-electron chi connectivity index (χ4n) is 2.55. The molecule has 0 bridgehead atoms. The maximum Gasteiger partial charge on any atom is 0.279 e. The van der Waals surface area contributed by atoms with E-state index in [1.807, 2.05) is 0 Å². The fraction of sp³-hybridized carbons (Fsp3) is 0.333. The molecule has 0 saturated heterocycles. The topological polar surface area (TPSA) is 93.1 Å². The van der Waals surface area contributed by atoms with Gasteiger partial charge in [0.25, 0.3) is 15.9 Å². The van der Waals surface area contributed by atoms with Gasteiger partial charge in [-0.25, -0.2) is 4.68 Å². The van der Waals surface area contributed by atoms with E-state index in [1.54, 1.807) is 0 Å². The second-order valence-corrected chi connectivity index (χ2v) is 7.64. The fourth-order valence-corrected chi connectivity index (χ4v) is 3.97. The normalized spacial score (nSPS) is 14.9. The van der Waals surface area contributed by atoms with Gasteiger partial charge < -0.3 is 5.32 Å². The summed E-state index contributed by atoms with van der Waals surface area (Å²) in [5, 5.41) is 7.03. The molecule has 2 N–H and O–H groups in total. The summed E-state index contributed by atoms with van der Waals surface area (Å²) in [6, 6.07) is 5.97. The van der Waals surface area contributed by atoms with Gasteiger partial charge in [-0.3, -0.25) is 9.52 Å². The van der Waals surface area contributed by atoms with Crippen LogP contribution in [0.25, 0.3) is 0 Å². The number of carbonyl (C=O) groups excluding carboxylic acids is 1. The number of hydrogen-bond donors (Lipinski definition) is 2. The number of carbonyl (C=O) groups is 1. The summed E-state index contributed by atoms with van der Waals surface area (Å²) >= 11 is 5.91. The van der Waals surface area contributed by atoms with Crippen LogP contribution in [-0.4, -0.2) is 31.2 Å². The highest BCUT2D eigenvalue weighted by atomic mass is 35.5. The van der Waals surface area contributed by atoms with Crippen LogP contribution in [0.5, 0.6) is 0 Å². The highest BCUT2D eigenvalue weighted by Crippen LogP contribution is 2.33. The Morgan fingerprint density at radius 2 is 2.08 bits per heavy atom. The SMILES string of the molecule is CNC(=O)c1cc(Cl)ccc1NS(=O)(=O)c1ccnn1C1CCC1. The second kappa shape index (κ2) is 6.45. The van der Waals surface area contributed by atoms with Gasteiger partial charge in [-0.2, -0.15) is 13.5 Å². The van der Waals surface area contributed by atoms with E-state index in [9.17, 15) is 13.2 Å². The molecule has 1 aromatic heterocycles. The molecular formula is C15H17ClN4O3S. The largest absolute Gasteiger partial charge is 0.355 e. The Morgan fingerprint density at radius 1 is 1.33 bits per heavy atom. The molecule has 1 fully saturated rings. The summed E-state index contributed by atoms with van der Waals surface area (Å²) < 4.78 is 29.5. The summed E-state index contributed by atoms with van der Waals surface area (Å²) in [6.07, 6.45) is 4.35. The summed E-state index contributed by atoms with van der Waals surface area (Å²) in [5.74, 6) is -0.428. The van der Waals surface area contributed by atoms with Gasteiger partial charge in [-0.1, -0.05) is 11.6 Å². The number of amides is 1. The quantitative estimate of drug-likeness (QED) is 0.847. The average Bonchev–Trinajstić information content (AvgIpc) is 2.96. The van der Waals surface area contributed by atoms with Crippen LogP contribution in [0.3, 0.4) is 0 Å². The van der Waals surface area contributed by atoms with Crippen molar-refractivity contribution in [2.75, 3.05) is 11.8 Å². The maximum absolute atomic E-state index is 12.7. The van der Waals surface area contributed by atoms with Crippen LogP contribution in [0.15, 0.2) is 35.5 Å². The molecule has 7 nitrogen and oxygen atoms in total. The Labute approximate surface area is 145 Å². The highest BCUT2D eigenvalue weighted by Gasteiger charge is 2.28. The summed E-state index contributed by atoms with van der Waals surface area (Å²) in [5.41, 5.74) is 0.323. The number of rotatable bonds is 5. The van der Waals surface area contributed by atoms with Crippen molar-refractivity contribution in [3.63, 3.8) is 0 Å². The third kappa shape index (κ3) is 3.11. The van der Waals surface area contributed by atoms with E-state index < -0.39 is 15.9 Å². The first kappa shape index (κ1) is 16.8. The van der Waals surface area contributed by atoms with Crippen molar-refractivity contribution in [1.29, 1.82) is 0 Å². The van der Waals surface area contributed by atoms with Crippen LogP contribution in [-0.2, 0) is 10.0 Å². The minimum atomic E-state index is -3.87. The molecule has 24 heavy (non-hydrogen) atoms. The zero-order valence-electron chi connectivity index (χ0n) is 13.0. The van der Waals surface area contributed by atoms with Crippen LogP contribution in [0, 0.1) is 0 Å². The zero-order chi connectivity index (χ0) is 17.3. The summed E-state index contributed by atoms with van der Waals surface area (Å²) in [4.78, 5) is 12.0. The number of benzene rings is 1. The van der Waals surface area contributed by atoms with E-state index >= 15 is 0 Å². The van der Waals surface area contributed by atoms with Crippen molar-refractivity contribution in [1.82, 2.24) is 15.1 Å². The van der Waals surface area contributed by atoms with Gasteiger partial charge in [-0.15, -0.1) is 0 Å². The van der Waals surface area contributed by atoms with Gasteiger partial charge in [0.1, 0.15) is 0 Å². The van der Waals surface area contributed by atoms with Crippen LogP contribution in [0.1, 0.15) is 35.7 Å². The number of nitrogens with zero attached hydrogens (tertiary/aromatic N) is 2. The molecule has 1 amide bonds. The van der Waals surface area contributed by atoms with Gasteiger partial charge in [0.15, 0.2) is 5.03 Å². The molecule has 0 unspecified atom stereocenters. The Hall–Kier alpha value is -2.06. The highest BCUT2D eigenvalue weighted by molar-refractivity contribution is 7.92. The summed E-state index contributed by atoms with van der Waals surface area (Å²) in [7, 11) is -2.41. The Balaban J connectivity index is 1.96. The lowest BCUT2D eigenvalue weighted by molar-refractivity contribution is 0.0964. The molecule has 1 aliphatic rings. The third-order valence-electron chi connectivity index (χ3n) is 4.03. The number of hydrogen-bond acceptors (Lipinski definition) is 4. The molecule has 2 aromatic rings. The number of sulfonamides is 1. The lowest BCUT2D eigenvalue weighted by Gasteiger charge is -2.27. The van der Waals surface area contributed by atoms with Crippen molar-refractivity contribution in [3.8, 4) is 0 Å². The first-order chi connectivity index (χ1) is 11.4. The van der Waals surface area contributed by atoms with E-state index in [1.165, 1.54) is 42.2 Å². The molecule has 1 heterocycles. The van der Waals surface area contributed by atoms with Gasteiger partial charge in [0.05, 0.1) is 23.5 Å². The molecule has 1 aromatic carbocycles. The third-order valence-corrected chi connectivity index (χ3v) is 5.63. The van der Waals surface area contributed by atoms with Crippen LogP contribution in [0.4, 0.5) is 5.69 Å². The zero-order valence-corrected chi connectivity index (χ0v) is 14.6. The average molecular weight is 369 g/mol. The van der Waals surface area contributed by atoms with Crippen LogP contribution in [0.2, 0.25) is 5.02 Å². The Kier molecular flexibility index (Phi) is 4.51. The van der Waals surface area contributed by atoms with Crippen molar-refractivity contribution in [3.05, 3.63) is 41.0 Å². The lowest BCUT2D eigenvalue weighted by atomic mass is 9.93. The summed E-state index contributed by atoms with van der Waals surface area (Å²) in [6.45, 7) is 0. The molecule has 0 spiro atoms. The van der Waals surface area contributed by atoms with Crippen molar-refractivity contribution in [2.24, 2.45) is 0 Å². The first-order valence-electron chi connectivity index (χ1n) is 7.50. The molecule has 9 heteroatoms. The minimum absolute atomic E-state index is 0.0880. The van der Waals surface area contributed by atoms with E-state index in [4.69, 9.17) is 11.6 Å². The van der Waals surface area contributed by atoms with Gasteiger partial charge >= 0.3 is 0 Å². The van der Waals surface area contributed by atoms with E-state index in [0.717, 1.165) is 19.3 Å². The van der Waals surface area contributed by atoms with Crippen molar-refractivity contribution < 1.29 is 13.2 Å². The molecule has 0 radical (unpaired) electrons. The molecule has 0 atom stereocenters. The minimum Gasteiger partial charge on any atom is -0.355 e. The number of nitrogens with one attached hydrogen (secondary N) is 2. The number of anilines is 1. The second-order valence-electron chi connectivity index (χ2n) is 5.57. The molecule has 128 valence electrons. The predicted molar refractivity (Wildman–Crippen MR) is 90.8 cm³/mol. The first-order valence-corrected chi connectivity index (χ1v) is 9.36. The smallest absolute Gasteiger partial charge is 0.279 e. The van der Waals surface area contributed by atoms with Gasteiger partial charge in [0.2, 0.25) is 0 Å². The van der Waals surface area contributed by atoms with Crippen LogP contribution >= 0.6 is 11.6 Å². The molecule has 3 rings (SSSR count). The lowest BCUT2D eigenvalue weighted by Crippen LogP contribution is -2.26. The molecule has 0 aliphatic heterocycles. The monoisotopic (exact) mass is 368 g/mol. The molecule has 1 aliphatic carbocycles. The molecule has 1 saturated carbocycles. The Bertz CT molecular complexity index is 875. The maximum atomic E-state index is 12.7. The predicted octanol–water partition coefficient (Wildman–Crippen LogP) is 2.42. The Morgan fingerprint density at radius 3 is 2.71 bits per heavy atom. The number of aromatic nitrogens is 2. The van der Waals surface area contributed by atoms with E-state index in [0.29, 0.717) is 5.02 Å². The van der Waals surface area contributed by atoms with E-state index in [2.05, 4.69) is 15.1 Å². The van der Waals surface area contributed by atoms with Crippen molar-refractivity contribution in [2.45, 2.75) is 30.3 Å². The van der Waals surface area contributed by atoms with Crippen molar-refractivity contribution >= 4 is 33.2 Å². The molecular weight excluding hydrogens is 352 g/mol. The number of halogens is 1. The van der Waals surface area contributed by atoms with Gasteiger partial charge in [0, 0.05) is 12.1 Å². The van der Waals surface area contributed by atoms with E-state index in [-0.39, 0.29) is 22.3 Å².